The predicted molar refractivity (Wildman–Crippen MR) is 127 cm³/mol. The topological polar surface area (TPSA) is 66.8 Å². The Morgan fingerprint density at radius 1 is 1.06 bits per heavy atom. The largest absolute Gasteiger partial charge is 0.507 e. The summed E-state index contributed by atoms with van der Waals surface area (Å²) in [6.45, 7) is 10.3. The van der Waals surface area contributed by atoms with Crippen LogP contribution in [0.25, 0.3) is 5.76 Å². The van der Waals surface area contributed by atoms with Crippen molar-refractivity contribution in [1.82, 2.24) is 4.90 Å². The molecule has 0 bridgehead atoms. The number of carbonyl (C=O) groups is 2. The summed E-state index contributed by atoms with van der Waals surface area (Å²) < 4.78 is 5.74. The van der Waals surface area contributed by atoms with Crippen molar-refractivity contribution in [1.29, 1.82) is 0 Å². The number of hydrogen-bond acceptors (Lipinski definition) is 4. The monoisotopic (exact) mass is 435 g/mol. The molecule has 1 unspecified atom stereocenters. The molecule has 0 saturated carbocycles. The summed E-state index contributed by atoms with van der Waals surface area (Å²) in [5.74, 6) is -0.580. The van der Waals surface area contributed by atoms with Gasteiger partial charge in [0.05, 0.1) is 17.7 Å². The van der Waals surface area contributed by atoms with Gasteiger partial charge in [0.2, 0.25) is 0 Å². The lowest BCUT2D eigenvalue weighted by Gasteiger charge is -2.25. The Labute approximate surface area is 190 Å². The molecule has 2 aromatic rings. The maximum absolute atomic E-state index is 13.1. The molecule has 32 heavy (non-hydrogen) atoms. The van der Waals surface area contributed by atoms with Crippen molar-refractivity contribution in [3.63, 3.8) is 0 Å². The Kier molecular flexibility index (Phi) is 7.39. The van der Waals surface area contributed by atoms with Gasteiger partial charge in [0.1, 0.15) is 11.5 Å². The van der Waals surface area contributed by atoms with Gasteiger partial charge in [0, 0.05) is 12.1 Å². The van der Waals surface area contributed by atoms with Crippen LogP contribution in [0.3, 0.4) is 0 Å². The Balaban J connectivity index is 2.11. The number of hydrogen-bond donors (Lipinski definition) is 1. The standard InChI is InChI=1S/C27H33NO4/c1-6-7-8-15-28-24(20-11-13-21(14-12-20)32-17(2)3)23(26(30)27(28)31)25(29)22-16-18(4)9-10-19(22)5/h9-14,16-17,24,29H,6-8,15H2,1-5H3/b25-23+. The van der Waals surface area contributed by atoms with E-state index in [1.54, 1.807) is 4.90 Å². The maximum atomic E-state index is 13.1. The van der Waals surface area contributed by atoms with Crippen molar-refractivity contribution in [3.8, 4) is 5.75 Å². The average Bonchev–Trinajstić information content (AvgIpc) is 3.00. The lowest BCUT2D eigenvalue weighted by atomic mass is 9.93. The number of aliphatic hydroxyl groups excluding tert-OH is 1. The minimum atomic E-state index is -0.632. The number of benzene rings is 2. The number of aliphatic hydroxyl groups is 1. The van der Waals surface area contributed by atoms with E-state index in [1.165, 1.54) is 0 Å². The van der Waals surface area contributed by atoms with Gasteiger partial charge < -0.3 is 14.7 Å². The summed E-state index contributed by atoms with van der Waals surface area (Å²) in [6.07, 6.45) is 2.83. The van der Waals surface area contributed by atoms with E-state index in [0.717, 1.165) is 41.7 Å². The lowest BCUT2D eigenvalue weighted by Crippen LogP contribution is -2.30. The van der Waals surface area contributed by atoms with Crippen LogP contribution in [-0.2, 0) is 9.59 Å². The first-order valence-electron chi connectivity index (χ1n) is 11.4. The molecule has 5 nitrogen and oxygen atoms in total. The molecule has 0 radical (unpaired) electrons. The Morgan fingerprint density at radius 3 is 2.38 bits per heavy atom. The highest BCUT2D eigenvalue weighted by atomic mass is 16.5. The number of rotatable bonds is 8. The number of likely N-dealkylation sites (tertiary alicyclic amines) is 1. The summed E-state index contributed by atoms with van der Waals surface area (Å²) in [5.41, 5.74) is 3.34. The minimum Gasteiger partial charge on any atom is -0.507 e. The van der Waals surface area contributed by atoms with Crippen LogP contribution in [0.15, 0.2) is 48.0 Å². The first-order chi connectivity index (χ1) is 15.2. The summed E-state index contributed by atoms with van der Waals surface area (Å²) in [7, 11) is 0. The first-order valence-corrected chi connectivity index (χ1v) is 11.4. The van der Waals surface area contributed by atoms with Crippen LogP contribution in [-0.4, -0.2) is 34.3 Å². The van der Waals surface area contributed by atoms with Crippen molar-refractivity contribution < 1.29 is 19.4 Å². The molecule has 3 rings (SSSR count). The van der Waals surface area contributed by atoms with E-state index in [-0.39, 0.29) is 17.4 Å². The van der Waals surface area contributed by atoms with Crippen LogP contribution >= 0.6 is 0 Å². The van der Waals surface area contributed by atoms with Crippen molar-refractivity contribution in [2.24, 2.45) is 0 Å². The molecule has 1 N–H and O–H groups in total. The molecule has 2 aromatic carbocycles. The highest BCUT2D eigenvalue weighted by Gasteiger charge is 2.45. The van der Waals surface area contributed by atoms with Crippen molar-refractivity contribution >= 4 is 17.4 Å². The van der Waals surface area contributed by atoms with Gasteiger partial charge in [-0.05, 0) is 63.4 Å². The molecule has 0 aliphatic carbocycles. The third-order valence-electron chi connectivity index (χ3n) is 5.76. The second kappa shape index (κ2) is 10.0. The second-order valence-corrected chi connectivity index (χ2v) is 8.75. The second-order valence-electron chi connectivity index (χ2n) is 8.75. The fourth-order valence-corrected chi connectivity index (χ4v) is 4.13. The minimum absolute atomic E-state index is 0.0461. The van der Waals surface area contributed by atoms with E-state index in [1.807, 2.05) is 70.2 Å². The quantitative estimate of drug-likeness (QED) is 0.250. The molecule has 1 fully saturated rings. The molecule has 0 aromatic heterocycles. The van der Waals surface area contributed by atoms with Crippen molar-refractivity contribution in [2.75, 3.05) is 6.54 Å². The number of nitrogens with zero attached hydrogens (tertiary/aromatic N) is 1. The molecular formula is C27H33NO4. The van der Waals surface area contributed by atoms with Gasteiger partial charge in [0.15, 0.2) is 0 Å². The zero-order valence-corrected chi connectivity index (χ0v) is 19.6. The highest BCUT2D eigenvalue weighted by Crippen LogP contribution is 2.40. The fraction of sp³-hybridized carbons (Fsp3) is 0.407. The van der Waals surface area contributed by atoms with Gasteiger partial charge in [-0.25, -0.2) is 0 Å². The number of ketones is 1. The van der Waals surface area contributed by atoms with Gasteiger partial charge in [-0.2, -0.15) is 0 Å². The van der Waals surface area contributed by atoms with E-state index < -0.39 is 17.7 Å². The molecule has 1 aliphatic heterocycles. The maximum Gasteiger partial charge on any atom is 0.295 e. The number of Topliss-reactive ketones (excluding diaryl/α,β-unsaturated/α-hetero) is 1. The summed E-state index contributed by atoms with van der Waals surface area (Å²) in [6, 6.07) is 12.5. The molecule has 0 spiro atoms. The highest BCUT2D eigenvalue weighted by molar-refractivity contribution is 6.46. The van der Waals surface area contributed by atoms with Crippen molar-refractivity contribution in [2.45, 2.75) is 66.0 Å². The molecule has 5 heteroatoms. The normalized spacial score (nSPS) is 17.9. The van der Waals surface area contributed by atoms with Gasteiger partial charge >= 0.3 is 0 Å². The average molecular weight is 436 g/mol. The van der Waals surface area contributed by atoms with Gasteiger partial charge in [-0.1, -0.05) is 49.6 Å². The third-order valence-corrected chi connectivity index (χ3v) is 5.76. The molecule has 1 amide bonds. The van der Waals surface area contributed by atoms with Crippen LogP contribution in [0, 0.1) is 13.8 Å². The Morgan fingerprint density at radius 2 is 1.75 bits per heavy atom. The Bertz CT molecular complexity index is 1020. The third kappa shape index (κ3) is 4.87. The summed E-state index contributed by atoms with van der Waals surface area (Å²) in [4.78, 5) is 27.7. The van der Waals surface area contributed by atoms with Crippen LogP contribution in [0.4, 0.5) is 0 Å². The SMILES string of the molecule is CCCCCN1C(=O)C(=O)/C(=C(/O)c2cc(C)ccc2C)C1c1ccc(OC(C)C)cc1. The fourth-order valence-electron chi connectivity index (χ4n) is 4.13. The van der Waals surface area contributed by atoms with Gasteiger partial charge in [0.25, 0.3) is 11.7 Å². The van der Waals surface area contributed by atoms with Crippen LogP contribution in [0.2, 0.25) is 0 Å². The van der Waals surface area contributed by atoms with Crippen LogP contribution in [0.1, 0.15) is 68.3 Å². The molecule has 1 atom stereocenters. The van der Waals surface area contributed by atoms with E-state index >= 15 is 0 Å². The van der Waals surface area contributed by atoms with Crippen LogP contribution < -0.4 is 4.74 Å². The van der Waals surface area contributed by atoms with Gasteiger partial charge in [-0.15, -0.1) is 0 Å². The number of unbranched alkanes of at least 4 members (excludes halogenated alkanes) is 2. The van der Waals surface area contributed by atoms with E-state index in [2.05, 4.69) is 6.92 Å². The lowest BCUT2D eigenvalue weighted by molar-refractivity contribution is -0.139. The summed E-state index contributed by atoms with van der Waals surface area (Å²) >= 11 is 0. The zero-order chi connectivity index (χ0) is 23.4. The van der Waals surface area contributed by atoms with E-state index in [4.69, 9.17) is 4.74 Å². The predicted octanol–water partition coefficient (Wildman–Crippen LogP) is 5.70. The van der Waals surface area contributed by atoms with Crippen molar-refractivity contribution in [3.05, 3.63) is 70.3 Å². The first kappa shape index (κ1) is 23.6. The molecule has 1 heterocycles. The van der Waals surface area contributed by atoms with E-state index in [0.29, 0.717) is 12.1 Å². The molecular weight excluding hydrogens is 402 g/mol. The smallest absolute Gasteiger partial charge is 0.295 e. The van der Waals surface area contributed by atoms with Gasteiger partial charge in [-0.3, -0.25) is 9.59 Å². The summed E-state index contributed by atoms with van der Waals surface area (Å²) in [5, 5.41) is 11.3. The number of aryl methyl sites for hydroxylation is 2. The molecule has 170 valence electrons. The van der Waals surface area contributed by atoms with Crippen LogP contribution in [0.5, 0.6) is 5.75 Å². The number of carbonyl (C=O) groups excluding carboxylic acids is 2. The molecule has 1 aliphatic rings. The number of amides is 1. The molecule has 1 saturated heterocycles. The zero-order valence-electron chi connectivity index (χ0n) is 19.6. The van der Waals surface area contributed by atoms with E-state index in [9.17, 15) is 14.7 Å². The number of ether oxygens (including phenoxy) is 1. The Hall–Kier alpha value is -3.08.